The lowest BCUT2D eigenvalue weighted by Gasteiger charge is -2.20. The van der Waals surface area contributed by atoms with Gasteiger partial charge in [-0.05, 0) is 29.5 Å². The van der Waals surface area contributed by atoms with E-state index in [1.165, 1.54) is 12.2 Å². The van der Waals surface area contributed by atoms with Gasteiger partial charge in [-0.1, -0.05) is 32.9 Å². The van der Waals surface area contributed by atoms with Crippen molar-refractivity contribution >= 4 is 7.60 Å². The first-order valence-corrected chi connectivity index (χ1v) is 7.23. The van der Waals surface area contributed by atoms with Crippen LogP contribution < -0.4 is 4.52 Å². The molecule has 0 amide bonds. The first-order chi connectivity index (χ1) is 7.09. The maximum absolute atomic E-state index is 11.2. The highest BCUT2D eigenvalue weighted by Crippen LogP contribution is 2.40. The summed E-state index contributed by atoms with van der Waals surface area (Å²) in [6.45, 7) is 9.43. The minimum Gasteiger partial charge on any atom is -0.424 e. The van der Waals surface area contributed by atoms with E-state index in [1.807, 2.05) is 19.1 Å². The van der Waals surface area contributed by atoms with E-state index in [4.69, 9.17) is 9.42 Å². The van der Waals surface area contributed by atoms with Crippen molar-refractivity contribution in [2.24, 2.45) is 0 Å². The highest BCUT2D eigenvalue weighted by molar-refractivity contribution is 7.52. The molecule has 1 atom stereocenters. The maximum Gasteiger partial charge on any atom is 0.373 e. The van der Waals surface area contributed by atoms with Gasteiger partial charge in [0, 0.05) is 6.66 Å². The second kappa shape index (κ2) is 4.23. The summed E-state index contributed by atoms with van der Waals surface area (Å²) in [6.07, 6.45) is 0. The molecule has 1 N–H and O–H groups in total. The molecule has 0 aliphatic carbocycles. The fourth-order valence-corrected chi connectivity index (χ4v) is 1.97. The third kappa shape index (κ3) is 3.66. The van der Waals surface area contributed by atoms with Gasteiger partial charge in [0.2, 0.25) is 0 Å². The van der Waals surface area contributed by atoms with E-state index in [1.54, 1.807) is 6.07 Å². The first kappa shape index (κ1) is 13.3. The predicted molar refractivity (Wildman–Crippen MR) is 66.3 cm³/mol. The number of hydrogen-bond donors (Lipinski definition) is 1. The van der Waals surface area contributed by atoms with Gasteiger partial charge < -0.3 is 9.42 Å². The van der Waals surface area contributed by atoms with Crippen LogP contribution >= 0.6 is 7.60 Å². The van der Waals surface area contributed by atoms with Crippen molar-refractivity contribution in [3.05, 3.63) is 29.3 Å². The largest absolute Gasteiger partial charge is 0.424 e. The molecule has 1 aromatic carbocycles. The van der Waals surface area contributed by atoms with Crippen molar-refractivity contribution in [3.8, 4) is 5.75 Å². The minimum atomic E-state index is -3.47. The minimum absolute atomic E-state index is 0.0679. The van der Waals surface area contributed by atoms with Gasteiger partial charge in [0.25, 0.3) is 0 Å². The normalized spacial score (nSPS) is 15.6. The third-order valence-electron chi connectivity index (χ3n) is 2.31. The molecule has 1 rings (SSSR count). The summed E-state index contributed by atoms with van der Waals surface area (Å²) >= 11 is 0. The molecular formula is C12H19O3P. The molecule has 0 aliphatic rings. The van der Waals surface area contributed by atoms with Crippen molar-refractivity contribution in [1.82, 2.24) is 0 Å². The molecule has 0 fully saturated rings. The van der Waals surface area contributed by atoms with E-state index in [9.17, 15) is 4.57 Å². The number of hydrogen-bond acceptors (Lipinski definition) is 2. The van der Waals surface area contributed by atoms with Crippen LogP contribution in [0.2, 0.25) is 0 Å². The molecule has 0 aliphatic heterocycles. The molecule has 4 heteroatoms. The van der Waals surface area contributed by atoms with Crippen LogP contribution in [0.1, 0.15) is 31.9 Å². The Morgan fingerprint density at radius 2 is 1.88 bits per heavy atom. The van der Waals surface area contributed by atoms with Gasteiger partial charge in [-0.2, -0.15) is 0 Å². The Hall–Kier alpha value is -0.790. The Kier molecular flexibility index (Phi) is 3.51. The second-order valence-corrected chi connectivity index (χ2v) is 6.91. The Morgan fingerprint density at radius 3 is 2.25 bits per heavy atom. The topological polar surface area (TPSA) is 46.5 Å². The van der Waals surface area contributed by atoms with Gasteiger partial charge in [-0.25, -0.2) is 4.57 Å². The summed E-state index contributed by atoms with van der Waals surface area (Å²) < 4.78 is 16.2. The van der Waals surface area contributed by atoms with Gasteiger partial charge in [0.05, 0.1) is 0 Å². The van der Waals surface area contributed by atoms with Crippen molar-refractivity contribution < 1.29 is 14.0 Å². The average molecular weight is 242 g/mol. The van der Waals surface area contributed by atoms with Crippen LogP contribution in [0.4, 0.5) is 0 Å². The molecule has 3 nitrogen and oxygen atoms in total. The molecule has 0 saturated carbocycles. The van der Waals surface area contributed by atoms with Gasteiger partial charge in [0.1, 0.15) is 5.75 Å². The average Bonchev–Trinajstić information content (AvgIpc) is 2.04. The van der Waals surface area contributed by atoms with Crippen molar-refractivity contribution in [1.29, 1.82) is 0 Å². The molecule has 16 heavy (non-hydrogen) atoms. The summed E-state index contributed by atoms with van der Waals surface area (Å²) in [5.41, 5.74) is 2.13. The van der Waals surface area contributed by atoms with Crippen molar-refractivity contribution in [3.63, 3.8) is 0 Å². The zero-order valence-electron chi connectivity index (χ0n) is 10.4. The second-order valence-electron chi connectivity index (χ2n) is 5.12. The third-order valence-corrected chi connectivity index (χ3v) is 2.84. The summed E-state index contributed by atoms with van der Waals surface area (Å²) in [4.78, 5) is 9.16. The summed E-state index contributed by atoms with van der Waals surface area (Å²) in [7, 11) is -3.47. The Labute approximate surface area is 97.0 Å². The van der Waals surface area contributed by atoms with Gasteiger partial charge in [-0.15, -0.1) is 0 Å². The fourth-order valence-electron chi connectivity index (χ4n) is 1.40. The number of rotatable bonds is 2. The molecule has 0 radical (unpaired) electrons. The highest BCUT2D eigenvalue weighted by Gasteiger charge is 2.17. The Balaban J connectivity index is 3.06. The van der Waals surface area contributed by atoms with Gasteiger partial charge >= 0.3 is 7.60 Å². The molecule has 0 saturated heterocycles. The highest BCUT2D eigenvalue weighted by atomic mass is 31.2. The lowest BCUT2D eigenvalue weighted by molar-refractivity contribution is 0.386. The fraction of sp³-hybridized carbons (Fsp3) is 0.500. The number of aryl methyl sites for hydroxylation is 1. The molecule has 1 unspecified atom stereocenters. The van der Waals surface area contributed by atoms with E-state index in [2.05, 4.69) is 20.8 Å². The van der Waals surface area contributed by atoms with Crippen LogP contribution in [-0.4, -0.2) is 11.6 Å². The molecule has 0 bridgehead atoms. The maximum atomic E-state index is 11.2. The zero-order chi connectivity index (χ0) is 12.6. The molecule has 0 aromatic heterocycles. The van der Waals surface area contributed by atoms with Crippen LogP contribution in [0.15, 0.2) is 18.2 Å². The van der Waals surface area contributed by atoms with Gasteiger partial charge in [0.15, 0.2) is 0 Å². The van der Waals surface area contributed by atoms with Crippen LogP contribution in [0, 0.1) is 6.92 Å². The molecule has 0 spiro atoms. The SMILES string of the molecule is Cc1cc(C(C)(C)C)ccc1OP(C)(=O)O. The molecular weight excluding hydrogens is 223 g/mol. The standard InChI is InChI=1S/C12H19O3P/c1-9-8-10(12(2,3)4)6-7-11(9)15-16(5,13)14/h6-8H,1-5H3,(H,13,14). The predicted octanol–water partition coefficient (Wildman–Crippen LogP) is 3.49. The van der Waals surface area contributed by atoms with Crippen LogP contribution in [-0.2, 0) is 9.98 Å². The first-order valence-electron chi connectivity index (χ1n) is 5.20. The molecule has 90 valence electrons. The Bertz CT molecular complexity index is 426. The van der Waals surface area contributed by atoms with E-state index < -0.39 is 7.60 Å². The van der Waals surface area contributed by atoms with Crippen LogP contribution in [0.25, 0.3) is 0 Å². The smallest absolute Gasteiger partial charge is 0.373 e. The zero-order valence-corrected chi connectivity index (χ0v) is 11.3. The van der Waals surface area contributed by atoms with Crippen molar-refractivity contribution in [2.75, 3.05) is 6.66 Å². The lowest BCUT2D eigenvalue weighted by Crippen LogP contribution is -2.11. The summed E-state index contributed by atoms with van der Waals surface area (Å²) in [5, 5.41) is 0. The molecule has 0 heterocycles. The summed E-state index contributed by atoms with van der Waals surface area (Å²) in [6, 6.07) is 5.67. The van der Waals surface area contributed by atoms with Gasteiger partial charge in [-0.3, -0.25) is 0 Å². The summed E-state index contributed by atoms with van der Waals surface area (Å²) in [5.74, 6) is 0.473. The lowest BCUT2D eigenvalue weighted by atomic mass is 9.86. The van der Waals surface area contributed by atoms with E-state index in [0.29, 0.717) is 5.75 Å². The van der Waals surface area contributed by atoms with Crippen LogP contribution in [0.3, 0.4) is 0 Å². The van der Waals surface area contributed by atoms with E-state index in [-0.39, 0.29) is 5.41 Å². The van der Waals surface area contributed by atoms with E-state index >= 15 is 0 Å². The van der Waals surface area contributed by atoms with Crippen LogP contribution in [0.5, 0.6) is 5.75 Å². The Morgan fingerprint density at radius 1 is 1.31 bits per heavy atom. The number of benzene rings is 1. The van der Waals surface area contributed by atoms with Crippen molar-refractivity contribution in [2.45, 2.75) is 33.1 Å². The van der Waals surface area contributed by atoms with E-state index in [0.717, 1.165) is 5.56 Å². The molecule has 1 aromatic rings. The monoisotopic (exact) mass is 242 g/mol. The quantitative estimate of drug-likeness (QED) is 0.807.